The molecule has 2 atom stereocenters. The third-order valence-electron chi connectivity index (χ3n) is 1.95. The Hall–Kier alpha value is -0.0000000000000000555. The van der Waals surface area contributed by atoms with Crippen LogP contribution in [-0.4, -0.2) is 27.1 Å². The fraction of sp³-hybridized carbons (Fsp3) is 0.444. The molecule has 2 N–H and O–H groups in total. The van der Waals surface area contributed by atoms with Gasteiger partial charge in [-0.15, -0.1) is 0 Å². The molecule has 0 bridgehead atoms. The molecule has 3 nitrogen and oxygen atoms in total. The maximum Gasteiger partial charge on any atom is 0.136 e. The zero-order valence-corrected chi connectivity index (χ0v) is 10.2. The maximum atomic E-state index is 9.74. The first-order valence-electron chi connectivity index (χ1n) is 4.35. The summed E-state index contributed by atoms with van der Waals surface area (Å²) in [6.07, 6.45) is -1.58. The molecule has 6 heteroatoms. The fourth-order valence-corrected chi connectivity index (χ4v) is 1.86. The van der Waals surface area contributed by atoms with E-state index in [0.717, 1.165) is 0 Å². The Morgan fingerprint density at radius 3 is 2.53 bits per heavy atom. The summed E-state index contributed by atoms with van der Waals surface area (Å²) in [5.74, 6) is 0.483. The van der Waals surface area contributed by atoms with Gasteiger partial charge in [0.15, 0.2) is 0 Å². The lowest BCUT2D eigenvalue weighted by Crippen LogP contribution is -2.19. The Bertz CT molecular complexity index is 338. The van der Waals surface area contributed by atoms with Gasteiger partial charge >= 0.3 is 0 Å². The van der Waals surface area contributed by atoms with Crippen molar-refractivity contribution in [2.24, 2.45) is 0 Å². The van der Waals surface area contributed by atoms with E-state index in [2.05, 4.69) is 17.6 Å². The molecule has 1 heterocycles. The first-order chi connectivity index (χ1) is 7.06. The van der Waals surface area contributed by atoms with Gasteiger partial charge in [-0.2, -0.15) is 12.6 Å². The molecule has 0 aliphatic carbocycles. The highest BCUT2D eigenvalue weighted by molar-refractivity contribution is 7.80. The van der Waals surface area contributed by atoms with Crippen LogP contribution in [0.2, 0.25) is 10.3 Å². The number of thiol groups is 1. The summed E-state index contributed by atoms with van der Waals surface area (Å²) in [4.78, 5) is 3.78. The lowest BCUT2D eigenvalue weighted by Gasteiger charge is -2.17. The van der Waals surface area contributed by atoms with Crippen molar-refractivity contribution in [2.45, 2.75) is 18.6 Å². The minimum absolute atomic E-state index is 0.105. The first-order valence-corrected chi connectivity index (χ1v) is 5.74. The van der Waals surface area contributed by atoms with Gasteiger partial charge in [0.25, 0.3) is 0 Å². The number of hydrogen-bond acceptors (Lipinski definition) is 4. The van der Waals surface area contributed by atoms with Crippen LogP contribution in [0, 0.1) is 0 Å². The summed E-state index contributed by atoms with van der Waals surface area (Å²) in [5.41, 5.74) is 0.371. The number of aliphatic hydroxyl groups excluding tert-OH is 2. The van der Waals surface area contributed by atoms with Gasteiger partial charge in [-0.3, -0.25) is 0 Å². The third-order valence-corrected chi connectivity index (χ3v) is 2.72. The lowest BCUT2D eigenvalue weighted by atomic mass is 10.0. The molecule has 0 aliphatic heterocycles. The van der Waals surface area contributed by atoms with E-state index in [9.17, 15) is 10.2 Å². The van der Waals surface area contributed by atoms with Crippen LogP contribution >= 0.6 is 35.8 Å². The summed E-state index contributed by atoms with van der Waals surface area (Å²) in [6, 6.07) is 3.06. The minimum Gasteiger partial charge on any atom is -0.390 e. The lowest BCUT2D eigenvalue weighted by molar-refractivity contribution is 0.0171. The summed E-state index contributed by atoms with van der Waals surface area (Å²) < 4.78 is 0. The van der Waals surface area contributed by atoms with Crippen LogP contribution in [0.1, 0.15) is 18.1 Å². The van der Waals surface area contributed by atoms with E-state index in [1.165, 1.54) is 6.07 Å². The van der Waals surface area contributed by atoms with Crippen molar-refractivity contribution >= 4 is 35.8 Å². The van der Waals surface area contributed by atoms with Crippen LogP contribution in [-0.2, 0) is 0 Å². The Kier molecular flexibility index (Phi) is 5.15. The van der Waals surface area contributed by atoms with Crippen molar-refractivity contribution in [1.82, 2.24) is 4.98 Å². The van der Waals surface area contributed by atoms with Crippen LogP contribution in [0.5, 0.6) is 0 Å². The average molecular weight is 268 g/mol. The van der Waals surface area contributed by atoms with Gasteiger partial charge in [-0.25, -0.2) is 4.98 Å². The number of rotatable bonds is 4. The number of nitrogens with zero attached hydrogens (tertiary/aromatic N) is 1. The minimum atomic E-state index is -1.06. The number of hydrogen-bond donors (Lipinski definition) is 3. The van der Waals surface area contributed by atoms with E-state index in [1.807, 2.05) is 0 Å². The van der Waals surface area contributed by atoms with E-state index in [4.69, 9.17) is 23.2 Å². The normalized spacial score (nSPS) is 15.0. The monoisotopic (exact) mass is 267 g/mol. The van der Waals surface area contributed by atoms with Gasteiger partial charge in [0, 0.05) is 5.56 Å². The molecule has 0 saturated heterocycles. The molecule has 0 saturated carbocycles. The number of pyridine rings is 1. The number of aromatic nitrogens is 1. The molecule has 0 aliphatic rings. The fourth-order valence-electron chi connectivity index (χ4n) is 1.14. The van der Waals surface area contributed by atoms with Gasteiger partial charge in [0.05, 0.1) is 6.10 Å². The SMILES string of the molecule is OC(CCS)C(O)c1ccc(Cl)nc1Cl. The maximum absolute atomic E-state index is 9.74. The van der Waals surface area contributed by atoms with Gasteiger partial charge < -0.3 is 10.2 Å². The summed E-state index contributed by atoms with van der Waals surface area (Å²) in [7, 11) is 0. The molecular formula is C9H11Cl2NO2S. The molecule has 0 amide bonds. The molecule has 0 aromatic carbocycles. The predicted octanol–water partition coefficient (Wildman–Crippen LogP) is 2.10. The summed E-state index contributed by atoms with van der Waals surface area (Å²) in [6.45, 7) is 0. The second-order valence-electron chi connectivity index (χ2n) is 3.04. The largest absolute Gasteiger partial charge is 0.390 e. The van der Waals surface area contributed by atoms with Crippen LogP contribution in [0.25, 0.3) is 0 Å². The van der Waals surface area contributed by atoms with Gasteiger partial charge in [0.1, 0.15) is 16.4 Å². The highest BCUT2D eigenvalue weighted by Gasteiger charge is 2.20. The zero-order valence-electron chi connectivity index (χ0n) is 7.77. The van der Waals surface area contributed by atoms with Crippen molar-refractivity contribution in [1.29, 1.82) is 0 Å². The predicted molar refractivity (Wildman–Crippen MR) is 63.7 cm³/mol. The average Bonchev–Trinajstić information content (AvgIpc) is 2.17. The van der Waals surface area contributed by atoms with E-state index < -0.39 is 12.2 Å². The molecule has 1 aromatic heterocycles. The molecular weight excluding hydrogens is 257 g/mol. The zero-order chi connectivity index (χ0) is 11.4. The highest BCUT2D eigenvalue weighted by Crippen LogP contribution is 2.26. The van der Waals surface area contributed by atoms with E-state index >= 15 is 0 Å². The molecule has 0 fully saturated rings. The third kappa shape index (κ3) is 3.50. The highest BCUT2D eigenvalue weighted by atomic mass is 35.5. The van der Waals surface area contributed by atoms with Crippen molar-refractivity contribution in [3.8, 4) is 0 Å². The van der Waals surface area contributed by atoms with Gasteiger partial charge in [-0.1, -0.05) is 29.3 Å². The van der Waals surface area contributed by atoms with Crippen molar-refractivity contribution in [3.05, 3.63) is 28.0 Å². The molecule has 0 spiro atoms. The van der Waals surface area contributed by atoms with Crippen LogP contribution in [0.4, 0.5) is 0 Å². The molecule has 84 valence electrons. The Labute approximate surface area is 103 Å². The smallest absolute Gasteiger partial charge is 0.136 e. The van der Waals surface area contributed by atoms with Gasteiger partial charge in [0.2, 0.25) is 0 Å². The molecule has 1 rings (SSSR count). The topological polar surface area (TPSA) is 53.4 Å². The Morgan fingerprint density at radius 1 is 1.33 bits per heavy atom. The summed E-state index contributed by atoms with van der Waals surface area (Å²) in [5, 5.41) is 19.6. The van der Waals surface area contributed by atoms with Gasteiger partial charge in [-0.05, 0) is 18.2 Å². The molecule has 0 radical (unpaired) electrons. The van der Waals surface area contributed by atoms with Crippen molar-refractivity contribution in [3.63, 3.8) is 0 Å². The second-order valence-corrected chi connectivity index (χ2v) is 4.23. The van der Waals surface area contributed by atoms with Crippen LogP contribution in [0.3, 0.4) is 0 Å². The second kappa shape index (κ2) is 5.92. The number of halogens is 2. The number of aliphatic hydroxyl groups is 2. The van der Waals surface area contributed by atoms with E-state index in [-0.39, 0.29) is 10.3 Å². The molecule has 15 heavy (non-hydrogen) atoms. The standard InChI is InChI=1S/C9H11Cl2NO2S/c10-7-2-1-5(9(11)12-7)8(14)6(13)3-4-15/h1-2,6,8,13-15H,3-4H2. The molecule has 1 aromatic rings. The summed E-state index contributed by atoms with van der Waals surface area (Å²) >= 11 is 15.4. The Morgan fingerprint density at radius 2 is 2.00 bits per heavy atom. The van der Waals surface area contributed by atoms with Crippen molar-refractivity contribution < 1.29 is 10.2 Å². The molecule has 2 unspecified atom stereocenters. The van der Waals surface area contributed by atoms with Crippen LogP contribution < -0.4 is 0 Å². The quantitative estimate of drug-likeness (QED) is 0.579. The van der Waals surface area contributed by atoms with Crippen molar-refractivity contribution in [2.75, 3.05) is 5.75 Å². The van der Waals surface area contributed by atoms with Crippen LogP contribution in [0.15, 0.2) is 12.1 Å². The Balaban J connectivity index is 2.86. The van der Waals surface area contributed by atoms with E-state index in [1.54, 1.807) is 6.07 Å². The van der Waals surface area contributed by atoms with E-state index in [0.29, 0.717) is 17.7 Å². The first kappa shape index (κ1) is 13.1.